The number of rotatable bonds is 3. The topological polar surface area (TPSA) is 66.5 Å². The Morgan fingerprint density at radius 3 is 2.11 bits per heavy atom. The maximum Gasteiger partial charge on any atom is 0.410 e. The smallest absolute Gasteiger partial charge is 0.410 e. The SMILES string of the molecule is CO[C@@]1(C)O[C@@H]2[C@@H](C(C)F)C3(CC3)N(C(=O)OC(C)(C)C)C[C@H]2O[C@]1(C)OC. The van der Waals surface area contributed by atoms with Gasteiger partial charge in [-0.15, -0.1) is 0 Å². The van der Waals surface area contributed by atoms with Crippen LogP contribution in [0, 0.1) is 5.92 Å². The summed E-state index contributed by atoms with van der Waals surface area (Å²) >= 11 is 0. The molecule has 162 valence electrons. The molecule has 3 rings (SSSR count). The summed E-state index contributed by atoms with van der Waals surface area (Å²) in [5, 5.41) is 0. The Hall–Kier alpha value is -0.960. The molecule has 7 nitrogen and oxygen atoms in total. The molecule has 0 aromatic rings. The number of ether oxygens (including phenoxy) is 5. The Labute approximate surface area is 166 Å². The lowest BCUT2D eigenvalue weighted by atomic mass is 9.78. The molecule has 3 fully saturated rings. The highest BCUT2D eigenvalue weighted by molar-refractivity contribution is 5.70. The molecule has 8 heteroatoms. The normalized spacial score (nSPS) is 40.8. The third kappa shape index (κ3) is 3.32. The van der Waals surface area contributed by atoms with E-state index in [0.717, 1.165) is 0 Å². The Balaban J connectivity index is 1.96. The van der Waals surface area contributed by atoms with Gasteiger partial charge in [0.1, 0.15) is 17.9 Å². The highest BCUT2D eigenvalue weighted by atomic mass is 19.1. The van der Waals surface area contributed by atoms with Gasteiger partial charge >= 0.3 is 6.09 Å². The van der Waals surface area contributed by atoms with E-state index in [1.165, 1.54) is 21.1 Å². The van der Waals surface area contributed by atoms with Crippen LogP contribution in [-0.2, 0) is 23.7 Å². The van der Waals surface area contributed by atoms with Crippen molar-refractivity contribution in [1.29, 1.82) is 0 Å². The highest BCUT2D eigenvalue weighted by Crippen LogP contribution is 2.57. The predicted molar refractivity (Wildman–Crippen MR) is 99.5 cm³/mol. The fourth-order valence-corrected chi connectivity index (χ4v) is 4.66. The van der Waals surface area contributed by atoms with Crippen LogP contribution in [0.25, 0.3) is 0 Å². The number of methoxy groups -OCH3 is 2. The van der Waals surface area contributed by atoms with E-state index in [1.54, 1.807) is 18.7 Å². The molecule has 2 saturated heterocycles. The second kappa shape index (κ2) is 6.79. The zero-order valence-corrected chi connectivity index (χ0v) is 18.2. The van der Waals surface area contributed by atoms with Gasteiger partial charge in [-0.25, -0.2) is 9.18 Å². The summed E-state index contributed by atoms with van der Waals surface area (Å²) in [5.74, 6) is -2.96. The third-order valence-corrected chi connectivity index (χ3v) is 6.45. The van der Waals surface area contributed by atoms with Crippen LogP contribution in [0.1, 0.15) is 54.4 Å². The van der Waals surface area contributed by atoms with Crippen LogP contribution in [-0.4, -0.2) is 72.9 Å². The molecule has 28 heavy (non-hydrogen) atoms. The van der Waals surface area contributed by atoms with Crippen molar-refractivity contribution in [3.63, 3.8) is 0 Å². The average Bonchev–Trinajstić information content (AvgIpc) is 3.34. The van der Waals surface area contributed by atoms with Gasteiger partial charge < -0.3 is 23.7 Å². The van der Waals surface area contributed by atoms with Gasteiger partial charge in [-0.3, -0.25) is 4.90 Å². The first kappa shape index (κ1) is 21.7. The first-order valence-corrected chi connectivity index (χ1v) is 9.93. The van der Waals surface area contributed by atoms with Gasteiger partial charge in [0.05, 0.1) is 18.2 Å². The number of halogens is 1. The van der Waals surface area contributed by atoms with Gasteiger partial charge in [0.2, 0.25) is 11.6 Å². The number of hydrogen-bond acceptors (Lipinski definition) is 6. The van der Waals surface area contributed by atoms with Gasteiger partial charge in [-0.2, -0.15) is 0 Å². The van der Waals surface area contributed by atoms with Crippen LogP contribution in [0.2, 0.25) is 0 Å². The van der Waals surface area contributed by atoms with Crippen LogP contribution in [0.15, 0.2) is 0 Å². The molecular weight excluding hydrogens is 369 g/mol. The van der Waals surface area contributed by atoms with Crippen molar-refractivity contribution in [2.24, 2.45) is 5.92 Å². The summed E-state index contributed by atoms with van der Waals surface area (Å²) in [5.41, 5.74) is -1.25. The van der Waals surface area contributed by atoms with Gasteiger partial charge in [0.25, 0.3) is 0 Å². The average molecular weight is 403 g/mol. The summed E-state index contributed by atoms with van der Waals surface area (Å²) < 4.78 is 44.3. The summed E-state index contributed by atoms with van der Waals surface area (Å²) in [7, 11) is 3.02. The number of hydrogen-bond donors (Lipinski definition) is 0. The number of likely N-dealkylation sites (tertiary alicyclic amines) is 1. The number of carbonyl (C=O) groups is 1. The van der Waals surface area contributed by atoms with E-state index in [1.807, 2.05) is 20.8 Å². The lowest BCUT2D eigenvalue weighted by Crippen LogP contribution is -2.73. The largest absolute Gasteiger partial charge is 0.444 e. The maximum absolute atomic E-state index is 14.9. The number of piperidine rings is 1. The molecule has 1 aliphatic carbocycles. The molecule has 0 radical (unpaired) electrons. The molecule has 1 unspecified atom stereocenters. The van der Waals surface area contributed by atoms with Crippen molar-refractivity contribution in [3.8, 4) is 0 Å². The number of alkyl halides is 1. The fourth-order valence-electron chi connectivity index (χ4n) is 4.66. The van der Waals surface area contributed by atoms with Gasteiger partial charge in [0, 0.05) is 20.1 Å². The molecule has 6 atom stereocenters. The van der Waals surface area contributed by atoms with Crippen LogP contribution in [0.3, 0.4) is 0 Å². The Morgan fingerprint density at radius 2 is 1.68 bits per heavy atom. The van der Waals surface area contributed by atoms with Crippen LogP contribution >= 0.6 is 0 Å². The minimum absolute atomic E-state index is 0.252. The maximum atomic E-state index is 14.9. The monoisotopic (exact) mass is 403 g/mol. The molecule has 0 N–H and O–H groups in total. The lowest BCUT2D eigenvalue weighted by Gasteiger charge is -2.58. The van der Waals surface area contributed by atoms with E-state index in [9.17, 15) is 9.18 Å². The third-order valence-electron chi connectivity index (χ3n) is 6.45. The molecular formula is C20H34FNO6. The zero-order chi connectivity index (χ0) is 21.1. The number of carbonyl (C=O) groups excluding carboxylic acids is 1. The second-order valence-electron chi connectivity index (χ2n) is 9.44. The molecule has 0 bridgehead atoms. The number of amides is 1. The van der Waals surface area contributed by atoms with E-state index < -0.39 is 53.1 Å². The minimum Gasteiger partial charge on any atom is -0.444 e. The Morgan fingerprint density at radius 1 is 1.14 bits per heavy atom. The number of nitrogens with zero attached hydrogens (tertiary/aromatic N) is 1. The molecule has 1 amide bonds. The highest BCUT2D eigenvalue weighted by Gasteiger charge is 2.69. The van der Waals surface area contributed by atoms with E-state index in [0.29, 0.717) is 12.8 Å². The van der Waals surface area contributed by atoms with Crippen molar-refractivity contribution in [2.45, 2.75) is 95.5 Å². The molecule has 2 heterocycles. The first-order chi connectivity index (χ1) is 12.8. The summed E-state index contributed by atoms with van der Waals surface area (Å²) in [4.78, 5) is 14.6. The summed E-state index contributed by atoms with van der Waals surface area (Å²) in [6.45, 7) is 10.7. The first-order valence-electron chi connectivity index (χ1n) is 9.93. The molecule has 0 aromatic heterocycles. The van der Waals surface area contributed by atoms with Crippen LogP contribution < -0.4 is 0 Å². The summed E-state index contributed by atoms with van der Waals surface area (Å²) in [6.07, 6.45) is -1.34. The Bertz CT molecular complexity index is 618. The van der Waals surface area contributed by atoms with Crippen LogP contribution in [0.4, 0.5) is 9.18 Å². The standard InChI is InChI=1S/C20H34FNO6/c1-12(21)14-15-13(26-18(5,24-7)19(6,25-8)27-15)11-22(20(14)9-10-20)16(23)28-17(2,3)4/h12-15H,9-11H2,1-8H3/t12?,13-,14-,15+,18+,19+/m1/s1. The van der Waals surface area contributed by atoms with Crippen molar-refractivity contribution < 1.29 is 32.9 Å². The van der Waals surface area contributed by atoms with Crippen LogP contribution in [0.5, 0.6) is 0 Å². The van der Waals surface area contributed by atoms with E-state index in [2.05, 4.69) is 0 Å². The fraction of sp³-hybridized carbons (Fsp3) is 0.950. The second-order valence-corrected chi connectivity index (χ2v) is 9.44. The zero-order valence-electron chi connectivity index (χ0n) is 18.2. The molecule has 2 aliphatic heterocycles. The van der Waals surface area contributed by atoms with Crippen molar-refractivity contribution in [1.82, 2.24) is 4.90 Å². The molecule has 3 aliphatic rings. The summed E-state index contributed by atoms with van der Waals surface area (Å²) in [6, 6.07) is 0. The van der Waals surface area contributed by atoms with Crippen molar-refractivity contribution >= 4 is 6.09 Å². The lowest BCUT2D eigenvalue weighted by molar-refractivity contribution is -0.459. The van der Waals surface area contributed by atoms with Gasteiger partial charge in [-0.1, -0.05) is 0 Å². The van der Waals surface area contributed by atoms with Gasteiger partial charge in [0.15, 0.2) is 0 Å². The van der Waals surface area contributed by atoms with Crippen molar-refractivity contribution in [2.75, 3.05) is 20.8 Å². The quantitative estimate of drug-likeness (QED) is 0.721. The van der Waals surface area contributed by atoms with E-state index in [-0.39, 0.29) is 6.54 Å². The molecule has 0 aromatic carbocycles. The minimum atomic E-state index is -1.21. The Kier molecular flexibility index (Phi) is 5.27. The van der Waals surface area contributed by atoms with Crippen molar-refractivity contribution in [3.05, 3.63) is 0 Å². The molecule has 1 saturated carbocycles. The van der Waals surface area contributed by atoms with E-state index in [4.69, 9.17) is 23.7 Å². The van der Waals surface area contributed by atoms with E-state index >= 15 is 0 Å². The van der Waals surface area contributed by atoms with Gasteiger partial charge in [-0.05, 0) is 54.4 Å². The predicted octanol–water partition coefficient (Wildman–Crippen LogP) is 3.25. The number of fused-ring (bicyclic) bond motifs is 1. The molecule has 1 spiro atoms.